The molecule has 2 aliphatic rings. The van der Waals surface area contributed by atoms with Crippen LogP contribution in [0.25, 0.3) is 0 Å². The largest absolute Gasteiger partial charge is 0.446 e. The third-order valence-electron chi connectivity index (χ3n) is 5.81. The average molecular weight is 468 g/mol. The van der Waals surface area contributed by atoms with Gasteiger partial charge in [0.1, 0.15) is 6.10 Å². The van der Waals surface area contributed by atoms with Crippen molar-refractivity contribution in [2.75, 3.05) is 25.0 Å². The summed E-state index contributed by atoms with van der Waals surface area (Å²) in [5.74, 6) is -0.239. The fourth-order valence-corrected chi connectivity index (χ4v) is 4.05. The SMILES string of the molecule is CC(C)=CNC=NCc1cccc(NC(=O)/C=C/C2CNCCN2C(=O)OC2CCCCC2)c1. The van der Waals surface area contributed by atoms with Crippen molar-refractivity contribution in [2.45, 2.75) is 64.6 Å². The zero-order valence-electron chi connectivity index (χ0n) is 20.3. The summed E-state index contributed by atoms with van der Waals surface area (Å²) in [6.07, 6.45) is 11.9. The van der Waals surface area contributed by atoms with Crippen LogP contribution in [-0.2, 0) is 16.1 Å². The lowest BCUT2D eigenvalue weighted by molar-refractivity contribution is -0.112. The molecule has 1 aliphatic carbocycles. The van der Waals surface area contributed by atoms with Crippen LogP contribution in [0.5, 0.6) is 0 Å². The number of anilines is 1. The molecular weight excluding hydrogens is 430 g/mol. The zero-order valence-corrected chi connectivity index (χ0v) is 20.3. The van der Waals surface area contributed by atoms with Crippen LogP contribution in [0.4, 0.5) is 10.5 Å². The molecule has 1 atom stereocenters. The number of carbonyl (C=O) groups excluding carboxylic acids is 2. The maximum atomic E-state index is 12.7. The Morgan fingerprint density at radius 2 is 2.06 bits per heavy atom. The number of amides is 2. The quantitative estimate of drug-likeness (QED) is 0.306. The van der Waals surface area contributed by atoms with Gasteiger partial charge in [0, 0.05) is 37.6 Å². The predicted molar refractivity (Wildman–Crippen MR) is 136 cm³/mol. The molecule has 0 aromatic heterocycles. The minimum absolute atomic E-state index is 0.0173. The topological polar surface area (TPSA) is 95.1 Å². The van der Waals surface area contributed by atoms with Gasteiger partial charge in [-0.1, -0.05) is 30.2 Å². The second kappa shape index (κ2) is 13.5. The first-order chi connectivity index (χ1) is 16.5. The molecule has 1 saturated heterocycles. The summed E-state index contributed by atoms with van der Waals surface area (Å²) in [5, 5.41) is 9.18. The number of carbonyl (C=O) groups is 2. The minimum atomic E-state index is -0.282. The van der Waals surface area contributed by atoms with E-state index in [1.807, 2.05) is 44.3 Å². The molecule has 3 N–H and O–H groups in total. The van der Waals surface area contributed by atoms with Gasteiger partial charge in [-0.3, -0.25) is 14.7 Å². The smallest absolute Gasteiger partial charge is 0.410 e. The van der Waals surface area contributed by atoms with E-state index < -0.39 is 0 Å². The van der Waals surface area contributed by atoms with E-state index in [1.54, 1.807) is 17.3 Å². The van der Waals surface area contributed by atoms with Crippen LogP contribution >= 0.6 is 0 Å². The molecule has 184 valence electrons. The lowest BCUT2D eigenvalue weighted by Gasteiger charge is -2.35. The van der Waals surface area contributed by atoms with E-state index >= 15 is 0 Å². The van der Waals surface area contributed by atoms with Crippen molar-refractivity contribution in [1.82, 2.24) is 15.5 Å². The van der Waals surface area contributed by atoms with Gasteiger partial charge in [0.2, 0.25) is 5.91 Å². The lowest BCUT2D eigenvalue weighted by Crippen LogP contribution is -2.53. The molecule has 1 heterocycles. The summed E-state index contributed by atoms with van der Waals surface area (Å²) in [6, 6.07) is 7.38. The standard InChI is InChI=1S/C26H37N5O3/c1-20(2)16-28-19-29-17-21-7-6-8-22(15-21)30-25(32)12-11-23-18-27-13-14-31(23)26(33)34-24-9-4-3-5-10-24/h6-8,11-12,15-16,19,23-24,27H,3-5,9-10,13-14,17-18H2,1-2H3,(H,28,29)(H,30,32)/b12-11+. The first-order valence-electron chi connectivity index (χ1n) is 12.1. The van der Waals surface area contributed by atoms with E-state index in [-0.39, 0.29) is 24.1 Å². The van der Waals surface area contributed by atoms with Crippen LogP contribution in [0.15, 0.2) is 53.2 Å². The third-order valence-corrected chi connectivity index (χ3v) is 5.81. The number of benzene rings is 1. The summed E-state index contributed by atoms with van der Waals surface area (Å²) in [7, 11) is 0. The number of hydrogen-bond donors (Lipinski definition) is 3. The summed E-state index contributed by atoms with van der Waals surface area (Å²) < 4.78 is 5.74. The van der Waals surface area contributed by atoms with Gasteiger partial charge in [0.25, 0.3) is 0 Å². The van der Waals surface area contributed by atoms with E-state index in [1.165, 1.54) is 12.5 Å². The van der Waals surface area contributed by atoms with Gasteiger partial charge in [-0.25, -0.2) is 4.79 Å². The fourth-order valence-electron chi connectivity index (χ4n) is 4.05. The average Bonchev–Trinajstić information content (AvgIpc) is 2.83. The number of nitrogens with one attached hydrogen (secondary N) is 3. The highest BCUT2D eigenvalue weighted by Crippen LogP contribution is 2.22. The highest BCUT2D eigenvalue weighted by molar-refractivity contribution is 5.99. The van der Waals surface area contributed by atoms with Crippen molar-refractivity contribution in [3.63, 3.8) is 0 Å². The van der Waals surface area contributed by atoms with E-state index in [9.17, 15) is 9.59 Å². The monoisotopic (exact) mass is 467 g/mol. The maximum Gasteiger partial charge on any atom is 0.410 e. The first-order valence-corrected chi connectivity index (χ1v) is 12.1. The van der Waals surface area contributed by atoms with Crippen molar-refractivity contribution in [3.8, 4) is 0 Å². The number of piperazine rings is 1. The van der Waals surface area contributed by atoms with Crippen molar-refractivity contribution < 1.29 is 14.3 Å². The van der Waals surface area contributed by atoms with Gasteiger partial charge >= 0.3 is 6.09 Å². The molecule has 1 unspecified atom stereocenters. The Morgan fingerprint density at radius 1 is 1.24 bits per heavy atom. The van der Waals surface area contributed by atoms with Gasteiger partial charge < -0.3 is 20.7 Å². The van der Waals surface area contributed by atoms with E-state index in [4.69, 9.17) is 4.74 Å². The molecule has 0 spiro atoms. The molecule has 8 nitrogen and oxygen atoms in total. The summed E-state index contributed by atoms with van der Waals surface area (Å²) in [5.41, 5.74) is 2.86. The molecule has 3 rings (SSSR count). The van der Waals surface area contributed by atoms with Crippen molar-refractivity contribution >= 4 is 24.0 Å². The number of hydrogen-bond acceptors (Lipinski definition) is 5. The van der Waals surface area contributed by atoms with Crippen LogP contribution in [0.3, 0.4) is 0 Å². The molecule has 1 saturated carbocycles. The highest BCUT2D eigenvalue weighted by atomic mass is 16.6. The van der Waals surface area contributed by atoms with E-state index in [0.29, 0.717) is 25.3 Å². The molecular formula is C26H37N5O3. The Bertz CT molecular complexity index is 901. The highest BCUT2D eigenvalue weighted by Gasteiger charge is 2.28. The molecule has 8 heteroatoms. The molecule has 0 radical (unpaired) electrons. The Hall–Kier alpha value is -3.13. The van der Waals surface area contributed by atoms with Crippen LogP contribution in [0, 0.1) is 0 Å². The van der Waals surface area contributed by atoms with Crippen LogP contribution < -0.4 is 16.0 Å². The predicted octanol–water partition coefficient (Wildman–Crippen LogP) is 3.97. The second-order valence-electron chi connectivity index (χ2n) is 9.02. The molecule has 2 amide bonds. The molecule has 1 aliphatic heterocycles. The Kier molecular flexibility index (Phi) is 10.2. The van der Waals surface area contributed by atoms with Crippen molar-refractivity contribution in [1.29, 1.82) is 0 Å². The van der Waals surface area contributed by atoms with Gasteiger partial charge in [-0.2, -0.15) is 0 Å². The van der Waals surface area contributed by atoms with Crippen molar-refractivity contribution in [3.05, 3.63) is 53.8 Å². The van der Waals surface area contributed by atoms with E-state index in [0.717, 1.165) is 43.4 Å². The minimum Gasteiger partial charge on any atom is -0.446 e. The van der Waals surface area contributed by atoms with Gasteiger partial charge in [0.05, 0.1) is 18.9 Å². The molecule has 34 heavy (non-hydrogen) atoms. The molecule has 1 aromatic rings. The van der Waals surface area contributed by atoms with Crippen LogP contribution in [0.1, 0.15) is 51.5 Å². The van der Waals surface area contributed by atoms with Crippen LogP contribution in [-0.4, -0.2) is 55.0 Å². The Labute approximate surface area is 202 Å². The fraction of sp³-hybridized carbons (Fsp3) is 0.500. The van der Waals surface area contributed by atoms with Crippen molar-refractivity contribution in [2.24, 2.45) is 4.99 Å². The summed E-state index contributed by atoms with van der Waals surface area (Å²) >= 11 is 0. The van der Waals surface area contributed by atoms with Gasteiger partial charge in [0.15, 0.2) is 0 Å². The maximum absolute atomic E-state index is 12.7. The Morgan fingerprint density at radius 3 is 2.85 bits per heavy atom. The number of ether oxygens (including phenoxy) is 1. The van der Waals surface area contributed by atoms with E-state index in [2.05, 4.69) is 20.9 Å². The summed E-state index contributed by atoms with van der Waals surface area (Å²) in [4.78, 5) is 31.3. The normalized spacial score (nSPS) is 19.2. The van der Waals surface area contributed by atoms with Gasteiger partial charge in [-0.15, -0.1) is 0 Å². The Balaban J connectivity index is 1.51. The lowest BCUT2D eigenvalue weighted by atomic mass is 9.98. The number of aliphatic imine (C=N–C) groups is 1. The zero-order chi connectivity index (χ0) is 24.2. The third kappa shape index (κ3) is 8.67. The molecule has 1 aromatic carbocycles. The molecule has 0 bridgehead atoms. The second-order valence-corrected chi connectivity index (χ2v) is 9.02. The summed E-state index contributed by atoms with van der Waals surface area (Å²) in [6.45, 7) is 6.40. The first kappa shape index (κ1) is 25.5. The molecule has 2 fully saturated rings. The number of nitrogens with zero attached hydrogens (tertiary/aromatic N) is 2. The van der Waals surface area contributed by atoms with Crippen LogP contribution in [0.2, 0.25) is 0 Å². The number of allylic oxidation sites excluding steroid dienone is 1. The number of rotatable bonds is 8. The van der Waals surface area contributed by atoms with Gasteiger partial charge in [-0.05, 0) is 57.2 Å².